The van der Waals surface area contributed by atoms with Crippen molar-refractivity contribution in [2.45, 2.75) is 41.2 Å². The molecule has 2 heterocycles. The van der Waals surface area contributed by atoms with E-state index in [0.29, 0.717) is 11.1 Å². The summed E-state index contributed by atoms with van der Waals surface area (Å²) in [4.78, 5) is 36.3. The van der Waals surface area contributed by atoms with E-state index >= 15 is 0 Å². The second-order valence-corrected chi connectivity index (χ2v) is 7.02. The van der Waals surface area contributed by atoms with E-state index < -0.39 is 0 Å². The van der Waals surface area contributed by atoms with Gasteiger partial charge in [-0.2, -0.15) is 0 Å². The van der Waals surface area contributed by atoms with Crippen molar-refractivity contribution in [3.05, 3.63) is 80.3 Å². The molecule has 1 amide bonds. The highest BCUT2D eigenvalue weighted by atomic mass is 16.1. The molecule has 0 aliphatic carbocycles. The third-order valence-electron chi connectivity index (χ3n) is 4.99. The first-order chi connectivity index (χ1) is 13.3. The number of amides is 1. The molecule has 0 saturated heterocycles. The number of nitrogens with one attached hydrogen (secondary N) is 2. The smallest absolute Gasteiger partial charge is 0.253 e. The second-order valence-electron chi connectivity index (χ2n) is 7.02. The van der Waals surface area contributed by atoms with Gasteiger partial charge < -0.3 is 10.3 Å². The molecule has 2 N–H and O–H groups in total. The number of pyridine rings is 1. The van der Waals surface area contributed by atoms with Crippen molar-refractivity contribution in [3.63, 3.8) is 0 Å². The highest BCUT2D eigenvalue weighted by molar-refractivity contribution is 5.97. The van der Waals surface area contributed by atoms with Crippen LogP contribution in [0.25, 0.3) is 11.1 Å². The number of H-pyrrole nitrogens is 1. The standard InChI is InChI=1S/C22H24N4O2/c1-12-9-13(2)26-22(28)19(12)10-23-21(27)18-8-6-7-17(14(18)3)20-15(4)24-11-25-16(20)5/h6-9,11H,10H2,1-5H3,(H,23,27)(H,26,28). The van der Waals surface area contributed by atoms with Crippen molar-refractivity contribution in [3.8, 4) is 11.1 Å². The maximum absolute atomic E-state index is 12.8. The van der Waals surface area contributed by atoms with Gasteiger partial charge in [-0.3, -0.25) is 9.59 Å². The number of nitrogens with zero attached hydrogens (tertiary/aromatic N) is 2. The maximum Gasteiger partial charge on any atom is 0.253 e. The van der Waals surface area contributed by atoms with Crippen LogP contribution >= 0.6 is 0 Å². The zero-order valence-corrected chi connectivity index (χ0v) is 16.8. The Morgan fingerprint density at radius 3 is 2.39 bits per heavy atom. The van der Waals surface area contributed by atoms with Crippen molar-refractivity contribution < 1.29 is 4.79 Å². The van der Waals surface area contributed by atoms with Crippen molar-refractivity contribution in [2.75, 3.05) is 0 Å². The van der Waals surface area contributed by atoms with Crippen LogP contribution in [0.3, 0.4) is 0 Å². The van der Waals surface area contributed by atoms with E-state index in [9.17, 15) is 9.59 Å². The van der Waals surface area contributed by atoms with Gasteiger partial charge in [-0.05, 0) is 63.4 Å². The average molecular weight is 376 g/mol. The Balaban J connectivity index is 1.91. The number of aromatic amines is 1. The van der Waals surface area contributed by atoms with E-state index in [1.54, 1.807) is 12.4 Å². The summed E-state index contributed by atoms with van der Waals surface area (Å²) in [5.74, 6) is -0.217. The van der Waals surface area contributed by atoms with Gasteiger partial charge in [0.1, 0.15) is 6.33 Å². The summed E-state index contributed by atoms with van der Waals surface area (Å²) in [5, 5.41) is 2.87. The molecule has 0 spiro atoms. The van der Waals surface area contributed by atoms with Gasteiger partial charge in [0, 0.05) is 40.3 Å². The summed E-state index contributed by atoms with van der Waals surface area (Å²) in [7, 11) is 0. The molecule has 3 rings (SSSR count). The molecule has 0 aliphatic heterocycles. The summed E-state index contributed by atoms with van der Waals surface area (Å²) >= 11 is 0. The first kappa shape index (κ1) is 19.5. The van der Waals surface area contributed by atoms with Crippen LogP contribution in [0.1, 0.15) is 44.1 Å². The first-order valence-electron chi connectivity index (χ1n) is 9.15. The lowest BCUT2D eigenvalue weighted by atomic mass is 9.94. The molecule has 0 bridgehead atoms. The second kappa shape index (κ2) is 7.76. The minimum atomic E-state index is -0.217. The fraction of sp³-hybridized carbons (Fsp3) is 0.273. The lowest BCUT2D eigenvalue weighted by Gasteiger charge is -2.15. The van der Waals surface area contributed by atoms with E-state index in [2.05, 4.69) is 20.3 Å². The third-order valence-corrected chi connectivity index (χ3v) is 4.99. The Bertz CT molecular complexity index is 1100. The van der Waals surface area contributed by atoms with Gasteiger partial charge in [-0.1, -0.05) is 12.1 Å². The zero-order chi connectivity index (χ0) is 20.4. The molecular formula is C22H24N4O2. The predicted molar refractivity (Wildman–Crippen MR) is 109 cm³/mol. The molecule has 0 atom stereocenters. The lowest BCUT2D eigenvalue weighted by molar-refractivity contribution is 0.0950. The molecule has 1 aromatic carbocycles. The molecule has 0 unspecified atom stereocenters. The van der Waals surface area contributed by atoms with Crippen LogP contribution in [0.2, 0.25) is 0 Å². The van der Waals surface area contributed by atoms with Crippen LogP contribution in [0.15, 0.2) is 35.4 Å². The number of rotatable bonds is 4. The van der Waals surface area contributed by atoms with Gasteiger partial charge in [-0.15, -0.1) is 0 Å². The Kier molecular flexibility index (Phi) is 5.40. The Hall–Kier alpha value is -3.28. The molecule has 6 heteroatoms. The summed E-state index contributed by atoms with van der Waals surface area (Å²) in [6.07, 6.45) is 1.54. The van der Waals surface area contributed by atoms with Gasteiger partial charge in [0.15, 0.2) is 0 Å². The zero-order valence-electron chi connectivity index (χ0n) is 16.8. The Morgan fingerprint density at radius 2 is 1.75 bits per heavy atom. The van der Waals surface area contributed by atoms with Crippen LogP contribution in [0.4, 0.5) is 0 Å². The number of hydrogen-bond acceptors (Lipinski definition) is 4. The van der Waals surface area contributed by atoms with Gasteiger partial charge >= 0.3 is 0 Å². The number of aromatic nitrogens is 3. The topological polar surface area (TPSA) is 87.7 Å². The number of benzene rings is 1. The molecule has 0 fully saturated rings. The molecule has 3 aromatic rings. The fourth-order valence-electron chi connectivity index (χ4n) is 3.50. The quantitative estimate of drug-likeness (QED) is 0.731. The van der Waals surface area contributed by atoms with Crippen molar-refractivity contribution in [1.82, 2.24) is 20.3 Å². The van der Waals surface area contributed by atoms with E-state index in [-0.39, 0.29) is 18.0 Å². The molecule has 0 aliphatic rings. The number of aryl methyl sites for hydroxylation is 4. The van der Waals surface area contributed by atoms with Gasteiger partial charge in [-0.25, -0.2) is 9.97 Å². The van der Waals surface area contributed by atoms with Crippen LogP contribution in [0.5, 0.6) is 0 Å². The molecule has 6 nitrogen and oxygen atoms in total. The number of carbonyl (C=O) groups is 1. The van der Waals surface area contributed by atoms with Crippen molar-refractivity contribution >= 4 is 5.91 Å². The van der Waals surface area contributed by atoms with Crippen LogP contribution in [-0.4, -0.2) is 20.9 Å². The summed E-state index contributed by atoms with van der Waals surface area (Å²) in [6, 6.07) is 7.51. The SMILES string of the molecule is Cc1cc(C)c(CNC(=O)c2cccc(-c3c(C)ncnc3C)c2C)c(=O)[nH]1. The minimum Gasteiger partial charge on any atom is -0.348 e. The normalized spacial score (nSPS) is 10.8. The van der Waals surface area contributed by atoms with Crippen LogP contribution in [-0.2, 0) is 6.54 Å². The highest BCUT2D eigenvalue weighted by Crippen LogP contribution is 2.29. The van der Waals surface area contributed by atoms with Crippen molar-refractivity contribution in [1.29, 1.82) is 0 Å². The van der Waals surface area contributed by atoms with E-state index in [4.69, 9.17) is 0 Å². The summed E-state index contributed by atoms with van der Waals surface area (Å²) < 4.78 is 0. The Morgan fingerprint density at radius 1 is 1.07 bits per heavy atom. The monoisotopic (exact) mass is 376 g/mol. The third kappa shape index (κ3) is 3.71. The van der Waals surface area contributed by atoms with Crippen molar-refractivity contribution in [2.24, 2.45) is 0 Å². The number of carbonyl (C=O) groups excluding carboxylic acids is 1. The van der Waals surface area contributed by atoms with Gasteiger partial charge in [0.25, 0.3) is 11.5 Å². The van der Waals surface area contributed by atoms with E-state index in [1.165, 1.54) is 0 Å². The summed E-state index contributed by atoms with van der Waals surface area (Å²) in [5.41, 5.74) is 7.11. The summed E-state index contributed by atoms with van der Waals surface area (Å²) in [6.45, 7) is 9.67. The number of hydrogen-bond donors (Lipinski definition) is 2. The highest BCUT2D eigenvalue weighted by Gasteiger charge is 2.16. The van der Waals surface area contributed by atoms with Gasteiger partial charge in [0.05, 0.1) is 0 Å². The lowest BCUT2D eigenvalue weighted by Crippen LogP contribution is -2.28. The molecular weight excluding hydrogens is 352 g/mol. The first-order valence-corrected chi connectivity index (χ1v) is 9.15. The molecule has 28 heavy (non-hydrogen) atoms. The molecule has 144 valence electrons. The van der Waals surface area contributed by atoms with Crippen LogP contribution in [0, 0.1) is 34.6 Å². The van der Waals surface area contributed by atoms with E-state index in [1.807, 2.05) is 52.8 Å². The van der Waals surface area contributed by atoms with Gasteiger partial charge in [0.2, 0.25) is 0 Å². The predicted octanol–water partition coefficient (Wildman–Crippen LogP) is 3.30. The average Bonchev–Trinajstić information content (AvgIpc) is 2.61. The molecule has 2 aromatic heterocycles. The fourth-order valence-corrected chi connectivity index (χ4v) is 3.50. The maximum atomic E-state index is 12.8. The van der Waals surface area contributed by atoms with E-state index in [0.717, 1.165) is 39.3 Å². The Labute approximate surface area is 164 Å². The minimum absolute atomic E-state index is 0.170. The largest absolute Gasteiger partial charge is 0.348 e. The molecule has 0 radical (unpaired) electrons. The van der Waals surface area contributed by atoms with Crippen LogP contribution < -0.4 is 10.9 Å². The molecule has 0 saturated carbocycles.